The molecule has 1 amide bonds. The van der Waals surface area contributed by atoms with Crippen molar-refractivity contribution in [2.75, 3.05) is 26.7 Å². The number of pyridine rings is 1. The second kappa shape index (κ2) is 6.98. The lowest BCUT2D eigenvalue weighted by molar-refractivity contribution is -0.0157. The summed E-state index contributed by atoms with van der Waals surface area (Å²) in [5, 5.41) is 0. The number of hydrogen-bond acceptors (Lipinski definition) is 5. The van der Waals surface area contributed by atoms with E-state index in [9.17, 15) is 4.79 Å². The fraction of sp³-hybridized carbons (Fsp3) is 0.474. The number of furan rings is 1. The molecule has 2 fully saturated rings. The fourth-order valence-corrected chi connectivity index (χ4v) is 4.21. The van der Waals surface area contributed by atoms with Gasteiger partial charge in [-0.2, -0.15) is 0 Å². The minimum Gasteiger partial charge on any atom is -0.472 e. The van der Waals surface area contributed by atoms with Crippen LogP contribution in [0, 0.1) is 5.92 Å². The van der Waals surface area contributed by atoms with Gasteiger partial charge < -0.3 is 14.1 Å². The summed E-state index contributed by atoms with van der Waals surface area (Å²) in [6, 6.07) is 6.01. The Morgan fingerprint density at radius 1 is 1.32 bits per heavy atom. The average Bonchev–Trinajstić information content (AvgIpc) is 3.31. The molecule has 4 rings (SSSR count). The highest BCUT2D eigenvalue weighted by Gasteiger charge is 2.46. The molecule has 0 unspecified atom stereocenters. The van der Waals surface area contributed by atoms with Gasteiger partial charge in [0.25, 0.3) is 5.91 Å². The third kappa shape index (κ3) is 3.19. The van der Waals surface area contributed by atoms with E-state index in [2.05, 4.69) is 9.88 Å². The summed E-state index contributed by atoms with van der Waals surface area (Å²) in [4.78, 5) is 21.4. The predicted molar refractivity (Wildman–Crippen MR) is 92.0 cm³/mol. The highest BCUT2D eigenvalue weighted by Crippen LogP contribution is 2.34. The molecule has 0 saturated carbocycles. The molecular weight excluding hydrogens is 318 g/mol. The number of nitrogens with zero attached hydrogens (tertiary/aromatic N) is 3. The maximum Gasteiger partial charge on any atom is 0.257 e. The van der Waals surface area contributed by atoms with Crippen molar-refractivity contribution in [3.8, 4) is 0 Å². The van der Waals surface area contributed by atoms with E-state index in [1.165, 1.54) is 11.8 Å². The molecule has 4 heterocycles. The molecule has 132 valence electrons. The molecule has 2 aromatic rings. The van der Waals surface area contributed by atoms with Crippen LogP contribution in [0.4, 0.5) is 0 Å². The maximum absolute atomic E-state index is 12.9. The van der Waals surface area contributed by atoms with Crippen LogP contribution in [0.25, 0.3) is 0 Å². The number of piperidine rings is 1. The fourth-order valence-electron chi connectivity index (χ4n) is 4.21. The largest absolute Gasteiger partial charge is 0.472 e. The summed E-state index contributed by atoms with van der Waals surface area (Å²) in [7, 11) is 1.78. The molecule has 6 nitrogen and oxygen atoms in total. The SMILES string of the molecule is CO[C@H]1CCN(C(=O)c2ccoc2)[C@H]2CN(Cc3ccncc3)C[C@@H]12. The number of amides is 1. The number of ether oxygens (including phenoxy) is 1. The van der Waals surface area contributed by atoms with Crippen LogP contribution >= 0.6 is 0 Å². The molecule has 3 atom stereocenters. The van der Waals surface area contributed by atoms with Crippen LogP contribution < -0.4 is 0 Å². The number of likely N-dealkylation sites (tertiary alicyclic amines) is 2. The quantitative estimate of drug-likeness (QED) is 0.852. The number of carbonyl (C=O) groups is 1. The van der Waals surface area contributed by atoms with Crippen molar-refractivity contribution in [3.63, 3.8) is 0 Å². The van der Waals surface area contributed by atoms with Crippen LogP contribution in [-0.2, 0) is 11.3 Å². The molecular formula is C19H23N3O3. The number of methoxy groups -OCH3 is 1. The van der Waals surface area contributed by atoms with Gasteiger partial charge in [-0.05, 0) is 30.2 Å². The molecule has 0 radical (unpaired) electrons. The Morgan fingerprint density at radius 2 is 2.16 bits per heavy atom. The third-order valence-corrected chi connectivity index (χ3v) is 5.43. The Balaban J connectivity index is 1.52. The Kier molecular flexibility index (Phi) is 4.55. The Hall–Kier alpha value is -2.18. The molecule has 0 aliphatic carbocycles. The molecule has 0 bridgehead atoms. The lowest BCUT2D eigenvalue weighted by Gasteiger charge is -2.41. The molecule has 0 aromatic carbocycles. The van der Waals surface area contributed by atoms with E-state index in [0.717, 1.165) is 32.6 Å². The van der Waals surface area contributed by atoms with Crippen LogP contribution in [0.5, 0.6) is 0 Å². The highest BCUT2D eigenvalue weighted by atomic mass is 16.5. The van der Waals surface area contributed by atoms with Crippen LogP contribution in [-0.4, -0.2) is 59.6 Å². The van der Waals surface area contributed by atoms with Gasteiger partial charge in [0.2, 0.25) is 0 Å². The van der Waals surface area contributed by atoms with E-state index in [1.807, 2.05) is 29.4 Å². The summed E-state index contributed by atoms with van der Waals surface area (Å²) in [6.07, 6.45) is 7.82. The first-order chi connectivity index (χ1) is 12.3. The Labute approximate surface area is 147 Å². The molecule has 2 aliphatic heterocycles. The summed E-state index contributed by atoms with van der Waals surface area (Å²) < 4.78 is 10.8. The molecule has 0 spiro atoms. The van der Waals surface area contributed by atoms with E-state index in [0.29, 0.717) is 11.5 Å². The van der Waals surface area contributed by atoms with Crippen molar-refractivity contribution in [1.82, 2.24) is 14.8 Å². The first-order valence-electron chi connectivity index (χ1n) is 8.73. The first kappa shape index (κ1) is 16.3. The molecule has 2 saturated heterocycles. The van der Waals surface area contributed by atoms with Gasteiger partial charge in [0, 0.05) is 51.6 Å². The highest BCUT2D eigenvalue weighted by molar-refractivity contribution is 5.94. The number of carbonyl (C=O) groups excluding carboxylic acids is 1. The zero-order valence-corrected chi connectivity index (χ0v) is 14.4. The summed E-state index contributed by atoms with van der Waals surface area (Å²) in [5.74, 6) is 0.403. The topological polar surface area (TPSA) is 58.8 Å². The number of aromatic nitrogens is 1. The molecule has 25 heavy (non-hydrogen) atoms. The van der Waals surface area contributed by atoms with Gasteiger partial charge in [-0.1, -0.05) is 0 Å². The third-order valence-electron chi connectivity index (χ3n) is 5.43. The second-order valence-electron chi connectivity index (χ2n) is 6.85. The second-order valence-corrected chi connectivity index (χ2v) is 6.85. The van der Waals surface area contributed by atoms with E-state index >= 15 is 0 Å². The number of fused-ring (bicyclic) bond motifs is 1. The van der Waals surface area contributed by atoms with Crippen molar-refractivity contribution in [2.24, 2.45) is 5.92 Å². The lowest BCUT2D eigenvalue weighted by atomic mass is 9.88. The van der Waals surface area contributed by atoms with Crippen molar-refractivity contribution in [2.45, 2.75) is 25.1 Å². The average molecular weight is 341 g/mol. The molecule has 2 aliphatic rings. The van der Waals surface area contributed by atoms with Gasteiger partial charge in [-0.3, -0.25) is 14.7 Å². The van der Waals surface area contributed by atoms with Gasteiger partial charge >= 0.3 is 0 Å². The molecule has 0 N–H and O–H groups in total. The smallest absolute Gasteiger partial charge is 0.257 e. The van der Waals surface area contributed by atoms with Gasteiger partial charge in [0.05, 0.1) is 24.0 Å². The normalized spacial score (nSPS) is 26.6. The minimum atomic E-state index is 0.0593. The Morgan fingerprint density at radius 3 is 2.88 bits per heavy atom. The molecule has 2 aromatic heterocycles. The van der Waals surface area contributed by atoms with Gasteiger partial charge in [0.15, 0.2) is 0 Å². The van der Waals surface area contributed by atoms with E-state index < -0.39 is 0 Å². The van der Waals surface area contributed by atoms with Crippen molar-refractivity contribution in [1.29, 1.82) is 0 Å². The van der Waals surface area contributed by atoms with Crippen molar-refractivity contribution in [3.05, 3.63) is 54.2 Å². The first-order valence-corrected chi connectivity index (χ1v) is 8.73. The van der Waals surface area contributed by atoms with Gasteiger partial charge in [-0.25, -0.2) is 0 Å². The van der Waals surface area contributed by atoms with Crippen LogP contribution in [0.15, 0.2) is 47.5 Å². The van der Waals surface area contributed by atoms with E-state index in [1.54, 1.807) is 19.4 Å². The zero-order chi connectivity index (χ0) is 17.2. The van der Waals surface area contributed by atoms with Gasteiger partial charge in [0.1, 0.15) is 6.26 Å². The summed E-state index contributed by atoms with van der Waals surface area (Å²) >= 11 is 0. The number of rotatable bonds is 4. The lowest BCUT2D eigenvalue weighted by Crippen LogP contribution is -2.53. The predicted octanol–water partition coefficient (Wildman–Crippen LogP) is 2.04. The van der Waals surface area contributed by atoms with Crippen LogP contribution in [0.1, 0.15) is 22.3 Å². The summed E-state index contributed by atoms with van der Waals surface area (Å²) in [5.41, 5.74) is 1.87. The monoisotopic (exact) mass is 341 g/mol. The Bertz CT molecular complexity index is 704. The minimum absolute atomic E-state index is 0.0593. The maximum atomic E-state index is 12.9. The van der Waals surface area contributed by atoms with Crippen molar-refractivity contribution < 1.29 is 13.9 Å². The van der Waals surface area contributed by atoms with Crippen molar-refractivity contribution >= 4 is 5.91 Å². The molecule has 6 heteroatoms. The zero-order valence-electron chi connectivity index (χ0n) is 14.4. The van der Waals surface area contributed by atoms with Crippen LogP contribution in [0.3, 0.4) is 0 Å². The number of hydrogen-bond donors (Lipinski definition) is 0. The standard InChI is InChI=1S/C19H23N3O3/c1-24-18-4-8-22(19(23)15-5-9-25-13-15)17-12-21(11-16(17)18)10-14-2-6-20-7-3-14/h2-3,5-7,9,13,16-18H,4,8,10-12H2,1H3/t16-,17+,18+/m1/s1. The van der Waals surface area contributed by atoms with E-state index in [-0.39, 0.29) is 18.1 Å². The van der Waals surface area contributed by atoms with Gasteiger partial charge in [-0.15, -0.1) is 0 Å². The summed E-state index contributed by atoms with van der Waals surface area (Å²) in [6.45, 7) is 3.42. The van der Waals surface area contributed by atoms with E-state index in [4.69, 9.17) is 9.15 Å². The van der Waals surface area contributed by atoms with Crippen LogP contribution in [0.2, 0.25) is 0 Å².